The number of nitriles is 1. The van der Waals surface area contributed by atoms with Crippen molar-refractivity contribution in [2.75, 3.05) is 0 Å². The minimum Gasteiger partial charge on any atom is -0.308 e. The molecule has 0 aliphatic carbocycles. The van der Waals surface area contributed by atoms with Crippen molar-refractivity contribution in [1.82, 2.24) is 9.13 Å². The Balaban J connectivity index is 1.59. The lowest BCUT2D eigenvalue weighted by atomic mass is 9.92. The Morgan fingerprint density at radius 3 is 1.31 bits per heavy atom. The highest BCUT2D eigenvalue weighted by atomic mass is 19.4. The standard InChI is InChI=1S/C43H26F9N3/c1-22-7-11-34-28(15-22)29-16-23(2)8-12-35(29)54(34)38-17-25(40-24(3)5-4-6-33(40)43(50,51)52)18-39(32(38)21-53)55-36-13-9-26(41(44,45)46)19-30(36)31-20-27(42(47,48)49)10-14-37(31)55/h4-20H,1-3H3. The van der Waals surface area contributed by atoms with Crippen molar-refractivity contribution < 1.29 is 39.5 Å². The number of alkyl halides is 9. The fourth-order valence-corrected chi connectivity index (χ4v) is 7.66. The fourth-order valence-electron chi connectivity index (χ4n) is 7.66. The molecule has 276 valence electrons. The van der Waals surface area contributed by atoms with E-state index in [1.54, 1.807) is 4.57 Å². The zero-order valence-electron chi connectivity index (χ0n) is 29.1. The number of rotatable bonds is 3. The molecule has 2 heterocycles. The number of halogens is 9. The van der Waals surface area contributed by atoms with Gasteiger partial charge in [-0.05, 0) is 116 Å². The van der Waals surface area contributed by atoms with E-state index in [9.17, 15) is 44.8 Å². The molecule has 2 aromatic heterocycles. The maximum absolute atomic E-state index is 14.7. The Hall–Kier alpha value is -6.22. The van der Waals surface area contributed by atoms with Crippen molar-refractivity contribution in [2.24, 2.45) is 0 Å². The largest absolute Gasteiger partial charge is 0.417 e. The lowest BCUT2D eigenvalue weighted by Gasteiger charge is -2.21. The van der Waals surface area contributed by atoms with Gasteiger partial charge in [0.15, 0.2) is 0 Å². The van der Waals surface area contributed by atoms with Crippen molar-refractivity contribution in [3.05, 3.63) is 142 Å². The first-order valence-electron chi connectivity index (χ1n) is 16.9. The highest BCUT2D eigenvalue weighted by molar-refractivity contribution is 6.12. The predicted octanol–water partition coefficient (Wildman–Crippen LogP) is 13.4. The minimum absolute atomic E-state index is 0.0104. The maximum atomic E-state index is 14.7. The first kappa shape index (κ1) is 35.8. The topological polar surface area (TPSA) is 33.6 Å². The van der Waals surface area contributed by atoms with E-state index < -0.39 is 35.2 Å². The molecule has 0 saturated heterocycles. The smallest absolute Gasteiger partial charge is 0.308 e. The van der Waals surface area contributed by atoms with Gasteiger partial charge >= 0.3 is 18.5 Å². The molecule has 0 aliphatic rings. The van der Waals surface area contributed by atoms with E-state index in [4.69, 9.17) is 0 Å². The number of benzene rings is 6. The van der Waals surface area contributed by atoms with E-state index in [-0.39, 0.29) is 55.4 Å². The van der Waals surface area contributed by atoms with Crippen molar-refractivity contribution in [3.63, 3.8) is 0 Å². The van der Waals surface area contributed by atoms with Crippen LogP contribution in [0.3, 0.4) is 0 Å². The summed E-state index contributed by atoms with van der Waals surface area (Å²) in [5.74, 6) is 0. The van der Waals surface area contributed by atoms with Gasteiger partial charge in [-0.1, -0.05) is 35.4 Å². The van der Waals surface area contributed by atoms with Gasteiger partial charge in [0.2, 0.25) is 0 Å². The molecule has 0 N–H and O–H groups in total. The second kappa shape index (κ2) is 12.1. The SMILES string of the molecule is Cc1ccc2c(c1)c1cc(C)ccc1n2-c1cc(-c2c(C)cccc2C(F)(F)F)cc(-n2c3ccc(C(F)(F)F)cc3c3cc(C(F)(F)F)ccc32)c1C#N. The molecule has 12 heteroatoms. The van der Waals surface area contributed by atoms with Crippen LogP contribution in [0.5, 0.6) is 0 Å². The van der Waals surface area contributed by atoms with Gasteiger partial charge in [0.05, 0.1) is 50.1 Å². The minimum atomic E-state index is -4.85. The highest BCUT2D eigenvalue weighted by Gasteiger charge is 2.36. The molecule has 0 fully saturated rings. The van der Waals surface area contributed by atoms with Gasteiger partial charge in [0.25, 0.3) is 0 Å². The van der Waals surface area contributed by atoms with E-state index in [0.29, 0.717) is 11.0 Å². The summed E-state index contributed by atoms with van der Waals surface area (Å²) in [6.07, 6.45) is -14.5. The van der Waals surface area contributed by atoms with Crippen LogP contribution in [-0.2, 0) is 18.5 Å². The van der Waals surface area contributed by atoms with Crippen LogP contribution < -0.4 is 0 Å². The van der Waals surface area contributed by atoms with Crippen LogP contribution in [0.15, 0.2) is 103 Å². The zero-order valence-corrected chi connectivity index (χ0v) is 29.1. The van der Waals surface area contributed by atoms with E-state index >= 15 is 0 Å². The Labute approximate surface area is 307 Å². The van der Waals surface area contributed by atoms with Crippen LogP contribution in [0.1, 0.15) is 38.9 Å². The van der Waals surface area contributed by atoms with Crippen LogP contribution in [0.25, 0.3) is 66.1 Å². The third-order valence-electron chi connectivity index (χ3n) is 10.1. The Morgan fingerprint density at radius 2 is 0.909 bits per heavy atom. The molecule has 0 amide bonds. The van der Waals surface area contributed by atoms with Gasteiger partial charge in [-0.25, -0.2) is 0 Å². The Kier molecular flexibility index (Phi) is 7.90. The summed E-state index contributed by atoms with van der Waals surface area (Å²) in [5, 5.41) is 12.2. The third kappa shape index (κ3) is 5.77. The van der Waals surface area contributed by atoms with Gasteiger partial charge in [0, 0.05) is 21.5 Å². The number of aryl methyl sites for hydroxylation is 3. The van der Waals surface area contributed by atoms with Gasteiger partial charge < -0.3 is 9.13 Å². The maximum Gasteiger partial charge on any atom is 0.417 e. The summed E-state index contributed by atoms with van der Waals surface area (Å²) in [6.45, 7) is 5.32. The summed E-state index contributed by atoms with van der Waals surface area (Å²) in [7, 11) is 0. The molecule has 0 bridgehead atoms. The van der Waals surface area contributed by atoms with Crippen LogP contribution >= 0.6 is 0 Å². The van der Waals surface area contributed by atoms with E-state index in [2.05, 4.69) is 6.07 Å². The molecule has 55 heavy (non-hydrogen) atoms. The second-order valence-electron chi connectivity index (χ2n) is 13.7. The van der Waals surface area contributed by atoms with Crippen LogP contribution in [0.2, 0.25) is 0 Å². The first-order valence-corrected chi connectivity index (χ1v) is 16.9. The first-order chi connectivity index (χ1) is 25.9. The molecule has 8 aromatic rings. The van der Waals surface area contributed by atoms with Crippen molar-refractivity contribution >= 4 is 43.6 Å². The predicted molar refractivity (Wildman–Crippen MR) is 194 cm³/mol. The highest BCUT2D eigenvalue weighted by Crippen LogP contribution is 2.45. The summed E-state index contributed by atoms with van der Waals surface area (Å²) < 4.78 is 132. The van der Waals surface area contributed by atoms with Gasteiger partial charge in [0.1, 0.15) is 11.6 Å². The lowest BCUT2D eigenvalue weighted by Crippen LogP contribution is -2.10. The number of hydrogen-bond donors (Lipinski definition) is 0. The monoisotopic (exact) mass is 755 g/mol. The molecule has 0 atom stereocenters. The van der Waals surface area contributed by atoms with E-state index in [1.165, 1.54) is 35.8 Å². The van der Waals surface area contributed by atoms with Gasteiger partial charge in [-0.3, -0.25) is 0 Å². The average molecular weight is 756 g/mol. The molecule has 0 spiro atoms. The summed E-state index contributed by atoms with van der Waals surface area (Å²) >= 11 is 0. The molecule has 0 unspecified atom stereocenters. The van der Waals surface area contributed by atoms with E-state index in [1.807, 2.05) is 50.2 Å². The van der Waals surface area contributed by atoms with Crippen LogP contribution in [0.4, 0.5) is 39.5 Å². The van der Waals surface area contributed by atoms with Crippen molar-refractivity contribution in [1.29, 1.82) is 5.26 Å². The molecule has 0 aliphatic heterocycles. The van der Waals surface area contributed by atoms with Crippen LogP contribution in [0, 0.1) is 32.1 Å². The lowest BCUT2D eigenvalue weighted by molar-refractivity contribution is -0.138. The van der Waals surface area contributed by atoms with Gasteiger partial charge in [-0.2, -0.15) is 44.8 Å². The van der Waals surface area contributed by atoms with Gasteiger partial charge in [-0.15, -0.1) is 0 Å². The third-order valence-corrected chi connectivity index (χ3v) is 10.1. The number of aromatic nitrogens is 2. The molecular formula is C43H26F9N3. The number of fused-ring (bicyclic) bond motifs is 6. The zero-order chi connectivity index (χ0) is 39.4. The van der Waals surface area contributed by atoms with E-state index in [0.717, 1.165) is 64.4 Å². The Morgan fingerprint density at radius 1 is 0.491 bits per heavy atom. The van der Waals surface area contributed by atoms with Crippen LogP contribution in [-0.4, -0.2) is 9.13 Å². The summed E-state index contributed by atoms with van der Waals surface area (Å²) in [6, 6.07) is 25.3. The summed E-state index contributed by atoms with van der Waals surface area (Å²) in [4.78, 5) is 0. The average Bonchev–Trinajstić information content (AvgIpc) is 3.61. The molecular weight excluding hydrogens is 729 g/mol. The normalized spacial score (nSPS) is 12.7. The molecule has 0 radical (unpaired) electrons. The molecule has 3 nitrogen and oxygen atoms in total. The van der Waals surface area contributed by atoms with Crippen molar-refractivity contribution in [3.8, 4) is 28.6 Å². The molecule has 6 aromatic carbocycles. The summed E-state index contributed by atoms with van der Waals surface area (Å²) in [5.41, 5.74) is 0.0486. The number of nitrogens with zero attached hydrogens (tertiary/aromatic N) is 3. The van der Waals surface area contributed by atoms with Crippen molar-refractivity contribution in [2.45, 2.75) is 39.3 Å². The number of hydrogen-bond acceptors (Lipinski definition) is 1. The quantitative estimate of drug-likeness (QED) is 0.165. The molecule has 0 saturated carbocycles. The fraction of sp³-hybridized carbons (Fsp3) is 0.140. The Bertz CT molecular complexity index is 2800. The second-order valence-corrected chi connectivity index (χ2v) is 13.7. The molecule has 8 rings (SSSR count).